The number of piperidine rings is 1. The van der Waals surface area contributed by atoms with Crippen LogP contribution in [0, 0.1) is 5.92 Å². The van der Waals surface area contributed by atoms with Crippen molar-refractivity contribution in [2.75, 3.05) is 31.6 Å². The normalized spacial score (nSPS) is 19.1. The minimum absolute atomic E-state index is 0.0630. The third kappa shape index (κ3) is 6.44. The summed E-state index contributed by atoms with van der Waals surface area (Å²) in [6.07, 6.45) is 3.73. The molecule has 0 aliphatic carbocycles. The molecule has 1 aromatic carbocycles. The molecule has 5 heteroatoms. The number of benzene rings is 1. The molecule has 1 aliphatic rings. The quantitative estimate of drug-likeness (QED) is 0.551. The van der Waals surface area contributed by atoms with E-state index in [9.17, 15) is 4.79 Å². The van der Waals surface area contributed by atoms with Gasteiger partial charge in [0.25, 0.3) is 0 Å². The average Bonchev–Trinajstić information content (AvgIpc) is 2.52. The van der Waals surface area contributed by atoms with Crippen molar-refractivity contribution in [2.45, 2.75) is 44.4 Å². The zero-order chi connectivity index (χ0) is 17.6. The molecule has 0 saturated carbocycles. The van der Waals surface area contributed by atoms with E-state index in [0.717, 1.165) is 36.9 Å². The van der Waals surface area contributed by atoms with Crippen LogP contribution in [0.3, 0.4) is 0 Å². The Bertz CT molecular complexity index is 525. The molecule has 4 nitrogen and oxygen atoms in total. The lowest BCUT2D eigenvalue weighted by atomic mass is 10.0. The summed E-state index contributed by atoms with van der Waals surface area (Å²) in [6.45, 7) is 10.3. The molecule has 1 amide bonds. The fraction of sp³-hybridized carbons (Fsp3) is 0.632. The van der Waals surface area contributed by atoms with Gasteiger partial charge in [-0.05, 0) is 69.8 Å². The second kappa shape index (κ2) is 8.86. The molecule has 134 valence electrons. The third-order valence-electron chi connectivity index (χ3n) is 4.28. The van der Waals surface area contributed by atoms with Gasteiger partial charge in [0.05, 0.1) is 10.9 Å². The summed E-state index contributed by atoms with van der Waals surface area (Å²) in [7, 11) is 0. The summed E-state index contributed by atoms with van der Waals surface area (Å²) < 4.78 is 5.23. The van der Waals surface area contributed by atoms with Crippen LogP contribution >= 0.6 is 15.9 Å². The summed E-state index contributed by atoms with van der Waals surface area (Å²) in [5.41, 5.74) is 0.780. The Labute approximate surface area is 154 Å². The first-order valence-corrected chi connectivity index (χ1v) is 9.59. The third-order valence-corrected chi connectivity index (χ3v) is 4.64. The van der Waals surface area contributed by atoms with Crippen molar-refractivity contribution in [2.24, 2.45) is 5.92 Å². The van der Waals surface area contributed by atoms with E-state index in [2.05, 4.69) is 33.1 Å². The van der Waals surface area contributed by atoms with E-state index in [-0.39, 0.29) is 5.91 Å². The molecular formula is C19H29BrN2O2. The highest BCUT2D eigenvalue weighted by Gasteiger charge is 2.23. The smallest absolute Gasteiger partial charge is 0.240 e. The first-order chi connectivity index (χ1) is 11.3. The highest BCUT2D eigenvalue weighted by Crippen LogP contribution is 2.21. The Hall–Kier alpha value is -1.07. The van der Waals surface area contributed by atoms with Crippen LogP contribution in [0.25, 0.3) is 0 Å². The van der Waals surface area contributed by atoms with E-state index >= 15 is 0 Å². The van der Waals surface area contributed by atoms with Gasteiger partial charge < -0.3 is 15.0 Å². The van der Waals surface area contributed by atoms with Gasteiger partial charge >= 0.3 is 0 Å². The van der Waals surface area contributed by atoms with Crippen LogP contribution in [0.2, 0.25) is 0 Å². The lowest BCUT2D eigenvalue weighted by Crippen LogP contribution is -2.35. The molecule has 1 heterocycles. The van der Waals surface area contributed by atoms with Crippen LogP contribution in [0.15, 0.2) is 24.3 Å². The van der Waals surface area contributed by atoms with Gasteiger partial charge in [0.1, 0.15) is 5.75 Å². The van der Waals surface area contributed by atoms with Crippen molar-refractivity contribution in [3.05, 3.63) is 24.3 Å². The van der Waals surface area contributed by atoms with Crippen LogP contribution in [0.1, 0.15) is 40.0 Å². The number of ether oxygens (including phenoxy) is 1. The number of hydrogen-bond acceptors (Lipinski definition) is 3. The lowest BCUT2D eigenvalue weighted by molar-refractivity contribution is -0.117. The zero-order valence-electron chi connectivity index (χ0n) is 15.0. The predicted octanol–water partition coefficient (Wildman–Crippen LogP) is 4.30. The van der Waals surface area contributed by atoms with Gasteiger partial charge in [-0.1, -0.05) is 22.9 Å². The van der Waals surface area contributed by atoms with Gasteiger partial charge in [-0.25, -0.2) is 0 Å². The van der Waals surface area contributed by atoms with Crippen molar-refractivity contribution in [1.82, 2.24) is 4.90 Å². The van der Waals surface area contributed by atoms with Crippen molar-refractivity contribution < 1.29 is 9.53 Å². The second-order valence-electron chi connectivity index (χ2n) is 7.20. The topological polar surface area (TPSA) is 41.6 Å². The maximum Gasteiger partial charge on any atom is 0.240 e. The Morgan fingerprint density at radius 1 is 1.38 bits per heavy atom. The SMILES string of the molecule is C[C@@H]1CCCN(CCCOc2ccc(NC(=O)C(C)(C)Br)cc2)C1. The Morgan fingerprint density at radius 2 is 2.08 bits per heavy atom. The molecule has 1 aromatic rings. The number of halogens is 1. The maximum absolute atomic E-state index is 11.9. The molecule has 1 N–H and O–H groups in total. The van der Waals surface area contributed by atoms with E-state index in [1.54, 1.807) is 0 Å². The van der Waals surface area contributed by atoms with E-state index < -0.39 is 4.32 Å². The number of nitrogens with zero attached hydrogens (tertiary/aromatic N) is 1. The minimum atomic E-state index is -0.575. The van der Waals surface area contributed by atoms with Crippen molar-refractivity contribution in [3.8, 4) is 5.75 Å². The summed E-state index contributed by atoms with van der Waals surface area (Å²) in [5.74, 6) is 1.61. The Balaban J connectivity index is 1.69. The number of rotatable bonds is 7. The molecule has 0 bridgehead atoms. The van der Waals surface area contributed by atoms with Gasteiger partial charge in [-0.2, -0.15) is 0 Å². The van der Waals surface area contributed by atoms with Gasteiger partial charge in [0, 0.05) is 18.8 Å². The molecule has 1 atom stereocenters. The Morgan fingerprint density at radius 3 is 2.71 bits per heavy atom. The molecule has 0 spiro atoms. The summed E-state index contributed by atoms with van der Waals surface area (Å²) in [5, 5.41) is 2.88. The number of alkyl halides is 1. The average molecular weight is 397 g/mol. The molecule has 0 unspecified atom stereocenters. The van der Waals surface area contributed by atoms with E-state index in [1.807, 2.05) is 38.1 Å². The number of carbonyl (C=O) groups excluding carboxylic acids is 1. The van der Waals surface area contributed by atoms with E-state index in [1.165, 1.54) is 25.9 Å². The Kier molecular flexibility index (Phi) is 7.11. The van der Waals surface area contributed by atoms with Gasteiger partial charge in [-0.15, -0.1) is 0 Å². The molecule has 0 aromatic heterocycles. The molecule has 2 rings (SSSR count). The number of anilines is 1. The predicted molar refractivity (Wildman–Crippen MR) is 103 cm³/mol. The van der Waals surface area contributed by atoms with Crippen LogP contribution in [0.5, 0.6) is 5.75 Å². The summed E-state index contributed by atoms with van der Waals surface area (Å²) in [4.78, 5) is 14.4. The van der Waals surface area contributed by atoms with Gasteiger partial charge in [0.2, 0.25) is 5.91 Å². The maximum atomic E-state index is 11.9. The van der Waals surface area contributed by atoms with E-state index in [0.29, 0.717) is 0 Å². The summed E-state index contributed by atoms with van der Waals surface area (Å²) >= 11 is 3.35. The monoisotopic (exact) mass is 396 g/mol. The van der Waals surface area contributed by atoms with Crippen LogP contribution in [0.4, 0.5) is 5.69 Å². The number of carbonyl (C=O) groups is 1. The van der Waals surface area contributed by atoms with Crippen LogP contribution < -0.4 is 10.1 Å². The molecule has 1 saturated heterocycles. The first-order valence-electron chi connectivity index (χ1n) is 8.80. The molecule has 1 fully saturated rings. The summed E-state index contributed by atoms with van der Waals surface area (Å²) in [6, 6.07) is 7.55. The number of amides is 1. The largest absolute Gasteiger partial charge is 0.494 e. The van der Waals surface area contributed by atoms with Crippen molar-refractivity contribution in [3.63, 3.8) is 0 Å². The van der Waals surface area contributed by atoms with Gasteiger partial charge in [0.15, 0.2) is 0 Å². The standard InChI is InChI=1S/C19H29BrN2O2/c1-15-6-4-11-22(14-15)12-5-13-24-17-9-7-16(8-10-17)21-18(23)19(2,3)20/h7-10,15H,4-6,11-14H2,1-3H3,(H,21,23)/t15-/m1/s1. The molecular weight excluding hydrogens is 368 g/mol. The minimum Gasteiger partial charge on any atom is -0.494 e. The highest BCUT2D eigenvalue weighted by atomic mass is 79.9. The first kappa shape index (κ1) is 19.3. The zero-order valence-corrected chi connectivity index (χ0v) is 16.6. The fourth-order valence-electron chi connectivity index (χ4n) is 2.88. The number of nitrogens with one attached hydrogen (secondary N) is 1. The highest BCUT2D eigenvalue weighted by molar-refractivity contribution is 9.10. The molecule has 1 aliphatic heterocycles. The lowest BCUT2D eigenvalue weighted by Gasteiger charge is -2.30. The fourth-order valence-corrected chi connectivity index (χ4v) is 2.98. The molecule has 24 heavy (non-hydrogen) atoms. The van der Waals surface area contributed by atoms with Crippen LogP contribution in [-0.4, -0.2) is 41.4 Å². The molecule has 0 radical (unpaired) electrons. The van der Waals surface area contributed by atoms with Gasteiger partial charge in [-0.3, -0.25) is 4.79 Å². The number of likely N-dealkylation sites (tertiary alicyclic amines) is 1. The second-order valence-corrected chi connectivity index (χ2v) is 9.18. The van der Waals surface area contributed by atoms with Crippen molar-refractivity contribution in [1.29, 1.82) is 0 Å². The van der Waals surface area contributed by atoms with Crippen LogP contribution in [-0.2, 0) is 4.79 Å². The number of hydrogen-bond donors (Lipinski definition) is 1. The van der Waals surface area contributed by atoms with Crippen molar-refractivity contribution >= 4 is 27.5 Å². The van der Waals surface area contributed by atoms with E-state index in [4.69, 9.17) is 4.74 Å².